The number of carbonyl (C=O) groups excluding carboxylic acids is 1. The average Bonchev–Trinajstić information content (AvgIpc) is 2.82. The van der Waals surface area contributed by atoms with Gasteiger partial charge in [0.25, 0.3) is 12.4 Å². The van der Waals surface area contributed by atoms with E-state index < -0.39 is 0 Å². The Kier molecular flexibility index (Phi) is 7.21. The van der Waals surface area contributed by atoms with Gasteiger partial charge in [0.05, 0.1) is 19.3 Å². The Hall–Kier alpha value is -2.12. The van der Waals surface area contributed by atoms with Crippen molar-refractivity contribution in [1.82, 2.24) is 9.80 Å². The van der Waals surface area contributed by atoms with Gasteiger partial charge in [-0.05, 0) is 31.7 Å². The highest BCUT2D eigenvalue weighted by molar-refractivity contribution is 5.78. The zero-order valence-corrected chi connectivity index (χ0v) is 14.8. The van der Waals surface area contributed by atoms with Crippen molar-refractivity contribution < 1.29 is 24.2 Å². The molecule has 2 bridgehead atoms. The van der Waals surface area contributed by atoms with Crippen molar-refractivity contribution >= 4 is 12.4 Å². The third-order valence-electron chi connectivity index (χ3n) is 4.45. The molecule has 7 heteroatoms. The van der Waals surface area contributed by atoms with Gasteiger partial charge in [0.2, 0.25) is 0 Å². The summed E-state index contributed by atoms with van der Waals surface area (Å²) in [6, 6.07) is 8.08. The first-order valence-corrected chi connectivity index (χ1v) is 8.36. The maximum Gasteiger partial charge on any atom is 0.290 e. The monoisotopic (exact) mass is 350 g/mol. The van der Waals surface area contributed by atoms with E-state index in [-0.39, 0.29) is 25.0 Å². The van der Waals surface area contributed by atoms with E-state index in [0.717, 1.165) is 37.6 Å². The van der Waals surface area contributed by atoms with Crippen LogP contribution in [0, 0.1) is 12.8 Å². The van der Waals surface area contributed by atoms with Gasteiger partial charge in [-0.25, -0.2) is 0 Å². The summed E-state index contributed by atoms with van der Waals surface area (Å²) < 4.78 is 11.3. The maximum absolute atomic E-state index is 12.5. The number of ether oxygens (including phenoxy) is 2. The predicted molar refractivity (Wildman–Crippen MR) is 92.7 cm³/mol. The van der Waals surface area contributed by atoms with Gasteiger partial charge in [-0.3, -0.25) is 14.5 Å². The summed E-state index contributed by atoms with van der Waals surface area (Å²) in [7, 11) is 2.11. The topological polar surface area (TPSA) is 79.3 Å². The molecule has 1 N–H and O–H groups in total. The minimum Gasteiger partial charge on any atom is -0.484 e. The smallest absolute Gasteiger partial charge is 0.290 e. The summed E-state index contributed by atoms with van der Waals surface area (Å²) in [5.41, 5.74) is 1.13. The summed E-state index contributed by atoms with van der Waals surface area (Å²) >= 11 is 0. The molecule has 0 radical (unpaired) electrons. The third-order valence-corrected chi connectivity index (χ3v) is 4.45. The van der Waals surface area contributed by atoms with Crippen molar-refractivity contribution in [2.45, 2.75) is 13.0 Å². The van der Waals surface area contributed by atoms with E-state index in [1.54, 1.807) is 0 Å². The van der Waals surface area contributed by atoms with Crippen molar-refractivity contribution in [3.8, 4) is 5.75 Å². The van der Waals surface area contributed by atoms with E-state index in [2.05, 4.69) is 11.9 Å². The van der Waals surface area contributed by atoms with Crippen LogP contribution in [0.3, 0.4) is 0 Å². The molecule has 2 atom stereocenters. The standard InChI is InChI=1S/C17H24N2O3.CH2O2/c1-13-4-3-5-16(6-13)22-12-17(20)19-8-14-7-18(2)15(9-19)11-21-10-14;2-1-3/h3-6,14-15H,7-12H2,1-2H3;1H,(H,2,3)/t14-,15+;/m1./s1. The lowest BCUT2D eigenvalue weighted by molar-refractivity contribution is -0.135. The third kappa shape index (κ3) is 5.72. The van der Waals surface area contributed by atoms with Gasteiger partial charge in [-0.2, -0.15) is 0 Å². The first kappa shape index (κ1) is 19.2. The first-order valence-electron chi connectivity index (χ1n) is 8.36. The lowest BCUT2D eigenvalue weighted by Crippen LogP contribution is -2.46. The molecule has 0 saturated carbocycles. The summed E-state index contributed by atoms with van der Waals surface area (Å²) in [4.78, 5) is 25.1. The molecule has 7 nitrogen and oxygen atoms in total. The van der Waals surface area contributed by atoms with Crippen LogP contribution in [-0.2, 0) is 14.3 Å². The number of amides is 1. The van der Waals surface area contributed by atoms with Gasteiger partial charge in [-0.1, -0.05) is 12.1 Å². The molecule has 2 heterocycles. The van der Waals surface area contributed by atoms with Gasteiger partial charge in [0.1, 0.15) is 5.75 Å². The second kappa shape index (κ2) is 9.39. The Balaban J connectivity index is 0.000000701. The number of nitrogens with zero attached hydrogens (tertiary/aromatic N) is 2. The summed E-state index contributed by atoms with van der Waals surface area (Å²) in [6.07, 6.45) is 0. The number of hydrogen-bond donors (Lipinski definition) is 1. The maximum atomic E-state index is 12.5. The molecule has 1 aromatic rings. The van der Waals surface area contributed by atoms with Gasteiger partial charge < -0.3 is 19.5 Å². The fraction of sp³-hybridized carbons (Fsp3) is 0.556. The normalized spacial score (nSPS) is 23.0. The van der Waals surface area contributed by atoms with Crippen LogP contribution < -0.4 is 4.74 Å². The fourth-order valence-corrected chi connectivity index (χ4v) is 3.20. The quantitative estimate of drug-likeness (QED) is 0.815. The van der Waals surface area contributed by atoms with Gasteiger partial charge in [0, 0.05) is 25.6 Å². The highest BCUT2D eigenvalue weighted by Crippen LogP contribution is 2.19. The van der Waals surface area contributed by atoms with Crippen LogP contribution in [0.2, 0.25) is 0 Å². The summed E-state index contributed by atoms with van der Waals surface area (Å²) in [5.74, 6) is 1.21. The first-order chi connectivity index (χ1) is 12.0. The molecule has 0 spiro atoms. The fourth-order valence-electron chi connectivity index (χ4n) is 3.20. The molecule has 1 amide bonds. The molecule has 1 aromatic carbocycles. The number of likely N-dealkylation sites (N-methyl/N-ethyl adjacent to an activating group) is 1. The molecular formula is C18H26N2O5. The molecule has 2 fully saturated rings. The molecule has 0 aromatic heterocycles. The van der Waals surface area contributed by atoms with Crippen LogP contribution in [0.15, 0.2) is 24.3 Å². The van der Waals surface area contributed by atoms with E-state index in [4.69, 9.17) is 19.4 Å². The van der Waals surface area contributed by atoms with Crippen molar-refractivity contribution in [3.63, 3.8) is 0 Å². The lowest BCUT2D eigenvalue weighted by Gasteiger charge is -2.29. The number of carbonyl (C=O) groups is 2. The van der Waals surface area contributed by atoms with Gasteiger partial charge in [0.15, 0.2) is 6.61 Å². The number of aryl methyl sites for hydroxylation is 1. The van der Waals surface area contributed by atoms with Crippen LogP contribution in [-0.4, -0.2) is 79.8 Å². The van der Waals surface area contributed by atoms with E-state index in [1.165, 1.54) is 0 Å². The molecule has 0 unspecified atom stereocenters. The Morgan fingerprint density at radius 3 is 2.84 bits per heavy atom. The molecule has 25 heavy (non-hydrogen) atoms. The largest absolute Gasteiger partial charge is 0.484 e. The van der Waals surface area contributed by atoms with E-state index in [1.807, 2.05) is 36.1 Å². The molecule has 3 rings (SSSR count). The number of benzene rings is 1. The van der Waals surface area contributed by atoms with Crippen LogP contribution in [0.25, 0.3) is 0 Å². The van der Waals surface area contributed by atoms with E-state index >= 15 is 0 Å². The molecule has 2 saturated heterocycles. The summed E-state index contributed by atoms with van der Waals surface area (Å²) in [5, 5.41) is 6.89. The second-order valence-corrected chi connectivity index (χ2v) is 6.51. The minimum absolute atomic E-state index is 0.0636. The van der Waals surface area contributed by atoms with Crippen LogP contribution >= 0.6 is 0 Å². The van der Waals surface area contributed by atoms with E-state index in [0.29, 0.717) is 12.5 Å². The number of fused-ring (bicyclic) bond motifs is 3. The Morgan fingerprint density at radius 2 is 2.12 bits per heavy atom. The number of carboxylic acid groups (broad SMARTS) is 1. The highest BCUT2D eigenvalue weighted by atomic mass is 16.5. The lowest BCUT2D eigenvalue weighted by atomic mass is 10.1. The minimum atomic E-state index is -0.250. The highest BCUT2D eigenvalue weighted by Gasteiger charge is 2.33. The summed E-state index contributed by atoms with van der Waals surface area (Å²) in [6.45, 7) is 5.79. The predicted octanol–water partition coefficient (Wildman–Crippen LogP) is 0.864. The Bertz CT molecular complexity index is 580. The van der Waals surface area contributed by atoms with Gasteiger partial charge in [-0.15, -0.1) is 0 Å². The van der Waals surface area contributed by atoms with E-state index in [9.17, 15) is 4.79 Å². The zero-order chi connectivity index (χ0) is 18.2. The average molecular weight is 350 g/mol. The number of rotatable bonds is 3. The van der Waals surface area contributed by atoms with Crippen LogP contribution in [0.4, 0.5) is 0 Å². The molecular weight excluding hydrogens is 324 g/mol. The Labute approximate surface area is 148 Å². The Morgan fingerprint density at radius 1 is 1.36 bits per heavy atom. The van der Waals surface area contributed by atoms with Crippen molar-refractivity contribution in [1.29, 1.82) is 0 Å². The molecule has 2 aliphatic rings. The number of hydrogen-bond acceptors (Lipinski definition) is 5. The van der Waals surface area contributed by atoms with Crippen molar-refractivity contribution in [2.75, 3.05) is 46.5 Å². The second-order valence-electron chi connectivity index (χ2n) is 6.51. The SMILES string of the molecule is Cc1cccc(OCC(=O)N2C[C@@H]3COC[C@H](C2)N(C)C3)c1.O=CO. The molecule has 0 aliphatic carbocycles. The molecule has 138 valence electrons. The van der Waals surface area contributed by atoms with Crippen LogP contribution in [0.5, 0.6) is 5.75 Å². The van der Waals surface area contributed by atoms with Crippen molar-refractivity contribution in [2.24, 2.45) is 5.92 Å². The van der Waals surface area contributed by atoms with Gasteiger partial charge >= 0.3 is 0 Å². The molecule has 2 aliphatic heterocycles. The zero-order valence-electron chi connectivity index (χ0n) is 14.8. The van der Waals surface area contributed by atoms with Crippen molar-refractivity contribution in [3.05, 3.63) is 29.8 Å². The van der Waals surface area contributed by atoms with Crippen LogP contribution in [0.1, 0.15) is 5.56 Å².